The summed E-state index contributed by atoms with van der Waals surface area (Å²) in [6.45, 7) is 5.94. The van der Waals surface area contributed by atoms with Crippen LogP contribution in [-0.2, 0) is 16.0 Å². The number of amides is 2. The van der Waals surface area contributed by atoms with E-state index in [0.717, 1.165) is 17.7 Å². The summed E-state index contributed by atoms with van der Waals surface area (Å²) in [5, 5.41) is 2.94. The summed E-state index contributed by atoms with van der Waals surface area (Å²) in [6.07, 6.45) is 2.49. The van der Waals surface area contributed by atoms with Crippen LogP contribution in [0.3, 0.4) is 0 Å². The number of aromatic nitrogens is 1. The molecule has 2 unspecified atom stereocenters. The second kappa shape index (κ2) is 8.74. The number of primary amides is 1. The van der Waals surface area contributed by atoms with Gasteiger partial charge in [0.2, 0.25) is 11.3 Å². The highest BCUT2D eigenvalue weighted by atomic mass is 32.1. The topological polar surface area (TPSA) is 116 Å². The molecule has 2 N–H and O–H groups in total. The molecule has 1 fully saturated rings. The zero-order chi connectivity index (χ0) is 23.0. The summed E-state index contributed by atoms with van der Waals surface area (Å²) in [4.78, 5) is 43.5. The molecule has 2 amide bonds. The summed E-state index contributed by atoms with van der Waals surface area (Å²) < 4.78 is 11.7. The molecule has 3 heterocycles. The second-order valence-electron chi connectivity index (χ2n) is 7.93. The highest BCUT2D eigenvalue weighted by molar-refractivity contribution is 7.13. The Morgan fingerprint density at radius 2 is 2.19 bits per heavy atom. The monoisotopic (exact) mass is 455 g/mol. The van der Waals surface area contributed by atoms with Crippen LogP contribution in [0.2, 0.25) is 0 Å². The van der Waals surface area contributed by atoms with E-state index >= 15 is 0 Å². The van der Waals surface area contributed by atoms with E-state index in [1.165, 1.54) is 22.5 Å². The normalized spacial score (nSPS) is 17.0. The molecule has 0 bridgehead atoms. The molecule has 2 atom stereocenters. The summed E-state index contributed by atoms with van der Waals surface area (Å²) >= 11 is 1.39. The first-order valence-corrected chi connectivity index (χ1v) is 11.5. The number of rotatable bonds is 6. The number of aryl methyl sites for hydroxylation is 2. The van der Waals surface area contributed by atoms with E-state index in [9.17, 15) is 14.4 Å². The smallest absolute Gasteiger partial charge is 0.264 e. The van der Waals surface area contributed by atoms with E-state index in [1.54, 1.807) is 19.1 Å². The van der Waals surface area contributed by atoms with Gasteiger partial charge in [-0.2, -0.15) is 0 Å². The molecule has 0 saturated carbocycles. The van der Waals surface area contributed by atoms with Gasteiger partial charge in [0.15, 0.2) is 6.10 Å². The summed E-state index contributed by atoms with van der Waals surface area (Å²) in [7, 11) is 0. The van der Waals surface area contributed by atoms with Crippen LogP contribution in [0.5, 0.6) is 5.75 Å². The van der Waals surface area contributed by atoms with Crippen LogP contribution in [0.25, 0.3) is 21.5 Å². The fourth-order valence-electron chi connectivity index (χ4n) is 4.01. The molecule has 3 aromatic rings. The third-order valence-electron chi connectivity index (χ3n) is 5.70. The number of benzene rings is 1. The number of hydrogen-bond donors (Lipinski definition) is 1. The maximum atomic E-state index is 13.1. The van der Waals surface area contributed by atoms with Crippen molar-refractivity contribution < 1.29 is 18.7 Å². The zero-order valence-electron chi connectivity index (χ0n) is 18.2. The Labute approximate surface area is 189 Å². The van der Waals surface area contributed by atoms with Gasteiger partial charge in [0.1, 0.15) is 28.6 Å². The highest BCUT2D eigenvalue weighted by Gasteiger charge is 2.35. The number of carbonyl (C=O) groups is 2. The van der Waals surface area contributed by atoms with Crippen LogP contribution in [0.4, 0.5) is 0 Å². The first-order chi connectivity index (χ1) is 15.3. The quantitative estimate of drug-likeness (QED) is 0.611. The van der Waals surface area contributed by atoms with Crippen LogP contribution in [-0.4, -0.2) is 40.4 Å². The Morgan fingerprint density at radius 1 is 1.41 bits per heavy atom. The van der Waals surface area contributed by atoms with Gasteiger partial charge in [0, 0.05) is 23.7 Å². The van der Waals surface area contributed by atoms with Gasteiger partial charge in [0.25, 0.3) is 5.91 Å². The molecule has 0 radical (unpaired) electrons. The van der Waals surface area contributed by atoms with Crippen molar-refractivity contribution in [3.8, 4) is 16.3 Å². The lowest BCUT2D eigenvalue weighted by Gasteiger charge is -2.26. The number of carbonyl (C=O) groups excluding carboxylic acids is 2. The van der Waals surface area contributed by atoms with Crippen molar-refractivity contribution in [2.75, 3.05) is 6.54 Å². The number of nitrogens with zero attached hydrogens (tertiary/aromatic N) is 2. The first-order valence-electron chi connectivity index (χ1n) is 10.6. The van der Waals surface area contributed by atoms with Crippen molar-refractivity contribution >= 4 is 34.1 Å². The van der Waals surface area contributed by atoms with Crippen molar-refractivity contribution in [1.82, 2.24) is 9.88 Å². The molecule has 168 valence electrons. The first kappa shape index (κ1) is 22.0. The van der Waals surface area contributed by atoms with Crippen molar-refractivity contribution in [3.05, 3.63) is 45.3 Å². The summed E-state index contributed by atoms with van der Waals surface area (Å²) in [5.74, 6) is -0.322. The van der Waals surface area contributed by atoms with Gasteiger partial charge in [-0.1, -0.05) is 6.92 Å². The second-order valence-corrected chi connectivity index (χ2v) is 8.79. The minimum atomic E-state index is -0.818. The van der Waals surface area contributed by atoms with Gasteiger partial charge in [-0.25, -0.2) is 4.98 Å². The van der Waals surface area contributed by atoms with E-state index in [2.05, 4.69) is 4.98 Å². The average molecular weight is 456 g/mol. The van der Waals surface area contributed by atoms with Crippen molar-refractivity contribution in [3.63, 3.8) is 0 Å². The van der Waals surface area contributed by atoms with E-state index in [-0.39, 0.29) is 11.3 Å². The van der Waals surface area contributed by atoms with Crippen LogP contribution < -0.4 is 15.9 Å². The third kappa shape index (κ3) is 4.00. The fraction of sp³-hybridized carbons (Fsp3) is 0.391. The number of likely N-dealkylation sites (tertiary alicyclic amines) is 1. The predicted octanol–water partition coefficient (Wildman–Crippen LogP) is 3.03. The van der Waals surface area contributed by atoms with Crippen LogP contribution in [0.1, 0.15) is 37.9 Å². The molecular formula is C23H25N3O5S. The number of thiazole rings is 1. The van der Waals surface area contributed by atoms with Gasteiger partial charge in [-0.05, 0) is 44.7 Å². The van der Waals surface area contributed by atoms with Gasteiger partial charge in [0.05, 0.1) is 10.9 Å². The van der Waals surface area contributed by atoms with E-state index in [4.69, 9.17) is 14.9 Å². The SMILES string of the molecule is CCc1cc2c(=O)c(-c3nc(C)cs3)coc2cc1OC(C)C(=O)N1CCCC1C(N)=O. The van der Waals surface area contributed by atoms with E-state index < -0.39 is 18.1 Å². The van der Waals surface area contributed by atoms with Gasteiger partial charge >= 0.3 is 0 Å². The maximum Gasteiger partial charge on any atom is 0.264 e. The minimum absolute atomic E-state index is 0.160. The standard InChI is InChI=1S/C23H25N3O5S/c1-4-14-8-15-19(30-10-16(20(15)27)22-25-12(2)11-32-22)9-18(14)31-13(3)23(29)26-7-5-6-17(26)21(24)28/h8-11,13,17H,4-7H2,1-3H3,(H2,24,28). The number of ether oxygens (including phenoxy) is 1. The maximum absolute atomic E-state index is 13.1. The zero-order valence-corrected chi connectivity index (χ0v) is 19.0. The fourth-order valence-corrected chi connectivity index (χ4v) is 4.81. The summed E-state index contributed by atoms with van der Waals surface area (Å²) in [6, 6.07) is 2.80. The number of fused-ring (bicyclic) bond motifs is 1. The lowest BCUT2D eigenvalue weighted by molar-refractivity contribution is -0.142. The lowest BCUT2D eigenvalue weighted by atomic mass is 10.1. The molecule has 1 aromatic carbocycles. The molecule has 0 spiro atoms. The molecule has 32 heavy (non-hydrogen) atoms. The van der Waals surface area contributed by atoms with Crippen LogP contribution in [0, 0.1) is 6.92 Å². The Hall–Kier alpha value is -3.20. The number of hydrogen-bond acceptors (Lipinski definition) is 7. The van der Waals surface area contributed by atoms with Crippen molar-refractivity contribution in [2.45, 2.75) is 52.2 Å². The molecule has 0 aliphatic carbocycles. The molecule has 1 aliphatic rings. The minimum Gasteiger partial charge on any atom is -0.480 e. The number of nitrogens with two attached hydrogens (primary N) is 1. The van der Waals surface area contributed by atoms with Crippen LogP contribution >= 0.6 is 11.3 Å². The molecule has 9 heteroatoms. The van der Waals surface area contributed by atoms with E-state index in [1.807, 2.05) is 19.2 Å². The molecule has 4 rings (SSSR count). The molecule has 1 saturated heterocycles. The third-order valence-corrected chi connectivity index (χ3v) is 6.70. The molecule has 2 aromatic heterocycles. The predicted molar refractivity (Wildman–Crippen MR) is 122 cm³/mol. The molecular weight excluding hydrogens is 430 g/mol. The van der Waals surface area contributed by atoms with Crippen molar-refractivity contribution in [1.29, 1.82) is 0 Å². The Morgan fingerprint density at radius 3 is 2.84 bits per heavy atom. The van der Waals surface area contributed by atoms with Crippen LogP contribution in [0.15, 0.2) is 33.0 Å². The molecule has 1 aliphatic heterocycles. The van der Waals surface area contributed by atoms with Crippen molar-refractivity contribution in [2.24, 2.45) is 5.73 Å². The average Bonchev–Trinajstić information content (AvgIpc) is 3.42. The highest BCUT2D eigenvalue weighted by Crippen LogP contribution is 2.29. The lowest BCUT2D eigenvalue weighted by Crippen LogP contribution is -2.48. The Balaban J connectivity index is 1.65. The Kier molecular flexibility index (Phi) is 6.01. The van der Waals surface area contributed by atoms with Gasteiger partial charge in [-0.15, -0.1) is 11.3 Å². The van der Waals surface area contributed by atoms with Gasteiger partial charge < -0.3 is 19.8 Å². The Bertz CT molecular complexity index is 1250. The molecule has 8 nitrogen and oxygen atoms in total. The largest absolute Gasteiger partial charge is 0.480 e. The van der Waals surface area contributed by atoms with Gasteiger partial charge in [-0.3, -0.25) is 14.4 Å². The van der Waals surface area contributed by atoms with E-state index in [0.29, 0.717) is 46.7 Å². The summed E-state index contributed by atoms with van der Waals surface area (Å²) in [5.41, 5.74) is 7.69.